The minimum atomic E-state index is 0.319. The zero-order chi connectivity index (χ0) is 15.4. The van der Waals surface area contributed by atoms with Gasteiger partial charge < -0.3 is 9.72 Å². The maximum Gasteiger partial charge on any atom is 0.153 e. The third-order valence-corrected chi connectivity index (χ3v) is 3.76. The van der Waals surface area contributed by atoms with E-state index in [1.807, 2.05) is 30.3 Å². The summed E-state index contributed by atoms with van der Waals surface area (Å²) in [6, 6.07) is 10.0. The van der Waals surface area contributed by atoms with Crippen molar-refractivity contribution >= 4 is 23.3 Å². The number of hydrogen-bond acceptors (Lipinski definition) is 4. The molecule has 0 saturated carbocycles. The highest BCUT2D eigenvalue weighted by Gasteiger charge is 2.07. The average molecular weight is 314 g/mol. The van der Waals surface area contributed by atoms with Gasteiger partial charge in [-0.15, -0.1) is 0 Å². The Hall–Kier alpha value is -2.05. The molecule has 0 spiro atoms. The first-order chi connectivity index (χ1) is 10.8. The maximum atomic E-state index is 5.69. The number of ether oxygens (including phenoxy) is 1. The second-order valence-electron chi connectivity index (χ2n) is 5.11. The summed E-state index contributed by atoms with van der Waals surface area (Å²) >= 11 is 5.46. The minimum absolute atomic E-state index is 0.319. The molecule has 0 aliphatic carbocycles. The van der Waals surface area contributed by atoms with Crippen molar-refractivity contribution in [2.75, 3.05) is 0 Å². The lowest BCUT2D eigenvalue weighted by molar-refractivity contribution is 0.0544. The third kappa shape index (κ3) is 3.23. The van der Waals surface area contributed by atoms with Crippen molar-refractivity contribution in [3.05, 3.63) is 52.6 Å². The summed E-state index contributed by atoms with van der Waals surface area (Å²) in [5.74, 6) is 0.952. The van der Waals surface area contributed by atoms with Crippen molar-refractivity contribution in [2.45, 2.75) is 33.1 Å². The van der Waals surface area contributed by atoms with Gasteiger partial charge in [-0.1, -0.05) is 49.5 Å². The number of fused-ring (bicyclic) bond motifs is 1. The van der Waals surface area contributed by atoms with Crippen LogP contribution in [0, 0.1) is 4.64 Å². The summed E-state index contributed by atoms with van der Waals surface area (Å²) in [5, 5.41) is 4.33. The Morgan fingerprint density at radius 1 is 1.27 bits per heavy atom. The summed E-state index contributed by atoms with van der Waals surface area (Å²) in [6.07, 6.45) is 3.71. The molecule has 0 unspecified atom stereocenters. The van der Waals surface area contributed by atoms with Gasteiger partial charge in [0.2, 0.25) is 0 Å². The Morgan fingerprint density at radius 3 is 2.86 bits per heavy atom. The molecule has 0 bridgehead atoms. The molecule has 0 saturated heterocycles. The number of rotatable bonds is 6. The monoisotopic (exact) mass is 314 g/mol. The highest BCUT2D eigenvalue weighted by molar-refractivity contribution is 7.71. The van der Waals surface area contributed by atoms with E-state index in [1.165, 1.54) is 0 Å². The van der Waals surface area contributed by atoms with Gasteiger partial charge in [0.25, 0.3) is 0 Å². The summed E-state index contributed by atoms with van der Waals surface area (Å²) < 4.78 is 7.95. The smallest absolute Gasteiger partial charge is 0.153 e. The van der Waals surface area contributed by atoms with Crippen LogP contribution < -0.4 is 0 Å². The van der Waals surface area contributed by atoms with Gasteiger partial charge in [0.1, 0.15) is 18.1 Å². The summed E-state index contributed by atoms with van der Waals surface area (Å²) in [4.78, 5) is 7.80. The molecule has 114 valence electrons. The zero-order valence-electron chi connectivity index (χ0n) is 12.5. The minimum Gasteiger partial charge on any atom is -0.355 e. The van der Waals surface area contributed by atoms with Crippen LogP contribution in [0.4, 0.5) is 0 Å². The fourth-order valence-corrected chi connectivity index (χ4v) is 2.52. The van der Waals surface area contributed by atoms with E-state index in [-0.39, 0.29) is 0 Å². The van der Waals surface area contributed by atoms with Crippen LogP contribution in [0.1, 0.15) is 24.7 Å². The Morgan fingerprint density at radius 2 is 2.09 bits per heavy atom. The lowest BCUT2D eigenvalue weighted by atomic mass is 10.2. The molecule has 6 heteroatoms. The van der Waals surface area contributed by atoms with Crippen molar-refractivity contribution in [3.8, 4) is 0 Å². The van der Waals surface area contributed by atoms with E-state index in [2.05, 4.69) is 22.0 Å². The number of benzene rings is 1. The van der Waals surface area contributed by atoms with Gasteiger partial charge in [0.15, 0.2) is 4.64 Å². The Balaban J connectivity index is 1.74. The lowest BCUT2D eigenvalue weighted by Crippen LogP contribution is -2.08. The first-order valence-corrected chi connectivity index (χ1v) is 7.75. The standard InChI is InChI=1S/C16H18N4OS/c1-2-6-14-18-13-9-17-20(16(22)15(13)19-14)11-21-10-12-7-4-3-5-8-12/h3-5,7-9H,2,6,10-11H2,1H3,(H,18,19). The van der Waals surface area contributed by atoms with E-state index >= 15 is 0 Å². The predicted octanol–water partition coefficient (Wildman–Crippen LogP) is 3.62. The quantitative estimate of drug-likeness (QED) is 0.706. The number of hydrogen-bond donors (Lipinski definition) is 1. The molecule has 0 aliphatic rings. The molecule has 0 aliphatic heterocycles. The van der Waals surface area contributed by atoms with Crippen molar-refractivity contribution in [1.82, 2.24) is 19.7 Å². The maximum absolute atomic E-state index is 5.69. The average Bonchev–Trinajstić information content (AvgIpc) is 2.95. The van der Waals surface area contributed by atoms with Gasteiger partial charge in [-0.3, -0.25) is 0 Å². The SMILES string of the molecule is CCCc1nc2c(=S)n(COCc3ccccc3)ncc2[nH]1. The van der Waals surface area contributed by atoms with Crippen LogP contribution in [0.3, 0.4) is 0 Å². The molecule has 1 aromatic carbocycles. The van der Waals surface area contributed by atoms with Crippen LogP contribution in [-0.4, -0.2) is 19.7 Å². The molecular formula is C16H18N4OS. The van der Waals surface area contributed by atoms with Crippen LogP contribution in [0.2, 0.25) is 0 Å². The third-order valence-electron chi connectivity index (χ3n) is 3.36. The molecule has 22 heavy (non-hydrogen) atoms. The van der Waals surface area contributed by atoms with Crippen molar-refractivity contribution < 1.29 is 4.74 Å². The van der Waals surface area contributed by atoms with Gasteiger partial charge in [-0.05, 0) is 12.0 Å². The molecule has 1 N–H and O–H groups in total. The lowest BCUT2D eigenvalue weighted by Gasteiger charge is -2.07. The zero-order valence-corrected chi connectivity index (χ0v) is 13.3. The van der Waals surface area contributed by atoms with E-state index in [4.69, 9.17) is 17.0 Å². The van der Waals surface area contributed by atoms with Crippen molar-refractivity contribution in [2.24, 2.45) is 0 Å². The Labute approximate surface area is 134 Å². The number of nitrogens with zero attached hydrogens (tertiary/aromatic N) is 3. The normalized spacial score (nSPS) is 11.1. The fraction of sp³-hybridized carbons (Fsp3) is 0.312. The van der Waals surface area contributed by atoms with Crippen LogP contribution in [0.5, 0.6) is 0 Å². The van der Waals surface area contributed by atoms with E-state index in [1.54, 1.807) is 10.9 Å². The molecule has 3 aromatic rings. The highest BCUT2D eigenvalue weighted by Crippen LogP contribution is 2.13. The molecule has 3 rings (SSSR count). The van der Waals surface area contributed by atoms with Crippen molar-refractivity contribution in [3.63, 3.8) is 0 Å². The summed E-state index contributed by atoms with van der Waals surface area (Å²) in [6.45, 7) is 2.97. The second kappa shape index (κ2) is 6.81. The summed E-state index contributed by atoms with van der Waals surface area (Å²) in [7, 11) is 0. The fourth-order valence-electron chi connectivity index (χ4n) is 2.27. The van der Waals surface area contributed by atoms with E-state index in [9.17, 15) is 0 Å². The largest absolute Gasteiger partial charge is 0.355 e. The van der Waals surface area contributed by atoms with Crippen LogP contribution in [-0.2, 0) is 24.5 Å². The first kappa shape index (κ1) is 14.9. The number of H-pyrrole nitrogens is 1. The van der Waals surface area contributed by atoms with E-state index in [0.717, 1.165) is 35.3 Å². The van der Waals surface area contributed by atoms with Gasteiger partial charge in [0.05, 0.1) is 18.3 Å². The molecule has 0 amide bonds. The molecule has 5 nitrogen and oxygen atoms in total. The second-order valence-corrected chi connectivity index (χ2v) is 5.49. The molecule has 0 fully saturated rings. The van der Waals surface area contributed by atoms with Gasteiger partial charge in [0, 0.05) is 6.42 Å². The number of aromatic nitrogens is 4. The molecular weight excluding hydrogens is 296 g/mol. The van der Waals surface area contributed by atoms with Crippen molar-refractivity contribution in [1.29, 1.82) is 0 Å². The number of nitrogens with one attached hydrogen (secondary N) is 1. The Bertz CT molecular complexity index is 810. The van der Waals surface area contributed by atoms with Crippen LogP contribution in [0.15, 0.2) is 36.5 Å². The number of aromatic amines is 1. The van der Waals surface area contributed by atoms with Gasteiger partial charge in [-0.2, -0.15) is 5.10 Å². The van der Waals surface area contributed by atoms with Crippen LogP contribution in [0.25, 0.3) is 11.0 Å². The first-order valence-electron chi connectivity index (χ1n) is 7.34. The van der Waals surface area contributed by atoms with Gasteiger partial charge in [-0.25, -0.2) is 9.67 Å². The van der Waals surface area contributed by atoms with E-state index < -0.39 is 0 Å². The van der Waals surface area contributed by atoms with Crippen LogP contribution >= 0.6 is 12.2 Å². The van der Waals surface area contributed by atoms with E-state index in [0.29, 0.717) is 18.0 Å². The highest BCUT2D eigenvalue weighted by atomic mass is 32.1. The predicted molar refractivity (Wildman–Crippen MR) is 87.9 cm³/mol. The number of imidazole rings is 1. The Kier molecular flexibility index (Phi) is 4.60. The molecule has 0 atom stereocenters. The molecule has 2 aromatic heterocycles. The molecule has 0 radical (unpaired) electrons. The summed E-state index contributed by atoms with van der Waals surface area (Å²) in [5.41, 5.74) is 2.80. The molecule has 2 heterocycles. The topological polar surface area (TPSA) is 55.7 Å². The van der Waals surface area contributed by atoms with Gasteiger partial charge >= 0.3 is 0 Å². The number of aryl methyl sites for hydroxylation is 1.